The third-order valence-electron chi connectivity index (χ3n) is 3.79. The van der Waals surface area contributed by atoms with Crippen molar-refractivity contribution in [2.45, 2.75) is 19.8 Å². The van der Waals surface area contributed by atoms with Crippen LogP contribution in [0.1, 0.15) is 25.5 Å². The molecule has 0 aromatic carbocycles. The molecule has 21 heavy (non-hydrogen) atoms. The molecule has 8 heteroatoms. The highest BCUT2D eigenvalue weighted by Gasteiger charge is 2.47. The van der Waals surface area contributed by atoms with Gasteiger partial charge in [0.05, 0.1) is 17.8 Å². The number of carbonyl (C=O) groups excluding carboxylic acids is 2. The van der Waals surface area contributed by atoms with Crippen molar-refractivity contribution in [3.8, 4) is 0 Å². The molecule has 0 aliphatic carbocycles. The topological polar surface area (TPSA) is 96.1 Å². The Balaban J connectivity index is 2.07. The predicted octanol–water partition coefficient (Wildman–Crippen LogP) is 1.37. The van der Waals surface area contributed by atoms with E-state index in [-0.39, 0.29) is 11.8 Å². The smallest absolute Gasteiger partial charge is 0.249 e. The zero-order chi connectivity index (χ0) is 15.1. The first kappa shape index (κ1) is 14.0. The van der Waals surface area contributed by atoms with Gasteiger partial charge in [-0.05, 0) is 41.9 Å². The Labute approximate surface area is 129 Å². The molecule has 0 saturated heterocycles. The minimum Gasteiger partial charge on any atom is -0.454 e. The van der Waals surface area contributed by atoms with Crippen LogP contribution in [-0.4, -0.2) is 23.2 Å². The van der Waals surface area contributed by atoms with Gasteiger partial charge in [-0.25, -0.2) is 10.9 Å². The maximum Gasteiger partial charge on any atom is 0.249 e. The molecule has 0 spiro atoms. The number of hydrogen-bond acceptors (Lipinski definition) is 5. The SMILES string of the molecule is CC1=NNC(=O)C1C(c1ccc(Br)o1)C1C(=O)NN=C1C. The molecule has 0 saturated carbocycles. The molecule has 2 unspecified atom stereocenters. The van der Waals surface area contributed by atoms with Gasteiger partial charge in [0.2, 0.25) is 11.8 Å². The van der Waals surface area contributed by atoms with Crippen molar-refractivity contribution in [2.24, 2.45) is 22.0 Å². The first-order chi connectivity index (χ1) is 9.99. The van der Waals surface area contributed by atoms with E-state index >= 15 is 0 Å². The fraction of sp³-hybridized carbons (Fsp3) is 0.385. The van der Waals surface area contributed by atoms with Crippen LogP contribution in [-0.2, 0) is 9.59 Å². The maximum absolute atomic E-state index is 12.1. The zero-order valence-electron chi connectivity index (χ0n) is 11.4. The van der Waals surface area contributed by atoms with Crippen molar-refractivity contribution in [1.82, 2.24) is 10.9 Å². The molecule has 2 aliphatic heterocycles. The van der Waals surface area contributed by atoms with Crippen LogP contribution in [0.3, 0.4) is 0 Å². The minimum absolute atomic E-state index is 0.238. The van der Waals surface area contributed by atoms with Crippen LogP contribution in [0.25, 0.3) is 0 Å². The van der Waals surface area contributed by atoms with Gasteiger partial charge in [0.25, 0.3) is 0 Å². The average Bonchev–Trinajstić information content (AvgIpc) is 3.09. The maximum atomic E-state index is 12.1. The summed E-state index contributed by atoms with van der Waals surface area (Å²) < 4.78 is 6.16. The summed E-state index contributed by atoms with van der Waals surface area (Å²) in [5.41, 5.74) is 6.17. The van der Waals surface area contributed by atoms with Crippen LogP contribution in [0.4, 0.5) is 0 Å². The molecule has 2 amide bonds. The van der Waals surface area contributed by atoms with Gasteiger partial charge < -0.3 is 4.42 Å². The fourth-order valence-electron chi connectivity index (χ4n) is 2.82. The van der Waals surface area contributed by atoms with E-state index in [1.165, 1.54) is 0 Å². The largest absolute Gasteiger partial charge is 0.454 e. The van der Waals surface area contributed by atoms with Crippen LogP contribution in [0, 0.1) is 11.8 Å². The Bertz CT molecular complexity index is 641. The van der Waals surface area contributed by atoms with Crippen molar-refractivity contribution in [3.05, 3.63) is 22.6 Å². The molecule has 2 N–H and O–H groups in total. The summed E-state index contributed by atoms with van der Waals surface area (Å²) in [6.07, 6.45) is 0. The van der Waals surface area contributed by atoms with Crippen LogP contribution < -0.4 is 10.9 Å². The van der Waals surface area contributed by atoms with E-state index in [4.69, 9.17) is 4.42 Å². The Morgan fingerprint density at radius 3 is 1.95 bits per heavy atom. The summed E-state index contributed by atoms with van der Waals surface area (Å²) in [5, 5.41) is 7.93. The second-order valence-corrected chi connectivity index (χ2v) is 5.86. The van der Waals surface area contributed by atoms with Crippen LogP contribution >= 0.6 is 15.9 Å². The summed E-state index contributed by atoms with van der Waals surface area (Å²) in [6.45, 7) is 3.51. The quantitative estimate of drug-likeness (QED) is 0.859. The van der Waals surface area contributed by atoms with Gasteiger partial charge in [-0.1, -0.05) is 0 Å². The van der Waals surface area contributed by atoms with E-state index in [0.717, 1.165) is 0 Å². The fourth-order valence-corrected chi connectivity index (χ4v) is 3.14. The van der Waals surface area contributed by atoms with Gasteiger partial charge in [0.1, 0.15) is 5.76 Å². The number of halogens is 1. The van der Waals surface area contributed by atoms with Crippen molar-refractivity contribution >= 4 is 39.2 Å². The van der Waals surface area contributed by atoms with Crippen molar-refractivity contribution in [1.29, 1.82) is 0 Å². The van der Waals surface area contributed by atoms with Gasteiger partial charge in [-0.15, -0.1) is 0 Å². The van der Waals surface area contributed by atoms with Gasteiger partial charge in [0, 0.05) is 11.4 Å². The van der Waals surface area contributed by atoms with Gasteiger partial charge in [-0.2, -0.15) is 10.2 Å². The van der Waals surface area contributed by atoms with Gasteiger partial charge >= 0.3 is 0 Å². The normalized spacial score (nSPS) is 26.2. The summed E-state index contributed by atoms with van der Waals surface area (Å²) in [7, 11) is 0. The van der Waals surface area contributed by atoms with Crippen LogP contribution in [0.2, 0.25) is 0 Å². The standard InChI is InChI=1S/C13H13BrN4O3/c1-5-9(12(19)17-15-5)11(7-3-4-8(14)21-7)10-6(2)16-18-13(10)20/h3-4,9-11H,1-2H3,(H,17,19)(H,18,20). The summed E-state index contributed by atoms with van der Waals surface area (Å²) in [4.78, 5) is 24.3. The lowest BCUT2D eigenvalue weighted by Crippen LogP contribution is -2.38. The first-order valence-corrected chi connectivity index (χ1v) is 7.21. The van der Waals surface area contributed by atoms with E-state index in [1.807, 2.05) is 0 Å². The van der Waals surface area contributed by atoms with Gasteiger partial charge in [0.15, 0.2) is 4.67 Å². The molecule has 0 radical (unpaired) electrons. The predicted molar refractivity (Wildman–Crippen MR) is 78.6 cm³/mol. The van der Waals surface area contributed by atoms with E-state index in [1.54, 1.807) is 26.0 Å². The lowest BCUT2D eigenvalue weighted by molar-refractivity contribution is -0.125. The van der Waals surface area contributed by atoms with Crippen molar-refractivity contribution in [3.63, 3.8) is 0 Å². The molecule has 3 heterocycles. The van der Waals surface area contributed by atoms with E-state index in [2.05, 4.69) is 37.0 Å². The van der Waals surface area contributed by atoms with E-state index < -0.39 is 17.8 Å². The highest BCUT2D eigenvalue weighted by Crippen LogP contribution is 2.39. The molecule has 0 fully saturated rings. The Hall–Kier alpha value is -1.96. The summed E-state index contributed by atoms with van der Waals surface area (Å²) in [5.74, 6) is -1.51. The Morgan fingerprint density at radius 1 is 1.10 bits per heavy atom. The number of furan rings is 1. The Morgan fingerprint density at radius 2 is 1.62 bits per heavy atom. The number of carbonyl (C=O) groups is 2. The number of rotatable bonds is 3. The third-order valence-corrected chi connectivity index (χ3v) is 4.22. The molecule has 2 aliphatic rings. The minimum atomic E-state index is -0.554. The molecule has 2 atom stereocenters. The highest BCUT2D eigenvalue weighted by atomic mass is 79.9. The third kappa shape index (κ3) is 2.29. The molecule has 0 bridgehead atoms. The number of amides is 2. The second-order valence-electron chi connectivity index (χ2n) is 5.08. The number of hydrazone groups is 2. The number of nitrogens with one attached hydrogen (secondary N) is 2. The zero-order valence-corrected chi connectivity index (χ0v) is 13.0. The monoisotopic (exact) mass is 352 g/mol. The number of hydrogen-bond donors (Lipinski definition) is 2. The highest BCUT2D eigenvalue weighted by molar-refractivity contribution is 9.10. The molecule has 7 nitrogen and oxygen atoms in total. The molecular formula is C13H13BrN4O3. The van der Waals surface area contributed by atoms with Gasteiger partial charge in [-0.3, -0.25) is 9.59 Å². The average molecular weight is 353 g/mol. The molecule has 3 rings (SSSR count). The molecule has 110 valence electrons. The lowest BCUT2D eigenvalue weighted by atomic mass is 9.75. The summed E-state index contributed by atoms with van der Waals surface area (Å²) in [6, 6.07) is 3.49. The van der Waals surface area contributed by atoms with Crippen LogP contribution in [0.15, 0.2) is 31.4 Å². The molecule has 1 aromatic heterocycles. The van der Waals surface area contributed by atoms with Crippen molar-refractivity contribution < 1.29 is 14.0 Å². The Kier molecular flexibility index (Phi) is 3.40. The molecular weight excluding hydrogens is 340 g/mol. The van der Waals surface area contributed by atoms with Crippen LogP contribution in [0.5, 0.6) is 0 Å². The molecule has 1 aromatic rings. The lowest BCUT2D eigenvalue weighted by Gasteiger charge is -2.24. The summed E-state index contributed by atoms with van der Waals surface area (Å²) >= 11 is 3.25. The second kappa shape index (κ2) is 5.10. The number of nitrogens with zero attached hydrogens (tertiary/aromatic N) is 2. The van der Waals surface area contributed by atoms with E-state index in [9.17, 15) is 9.59 Å². The first-order valence-electron chi connectivity index (χ1n) is 6.42. The van der Waals surface area contributed by atoms with Crippen molar-refractivity contribution in [2.75, 3.05) is 0 Å². The van der Waals surface area contributed by atoms with E-state index in [0.29, 0.717) is 21.9 Å².